The van der Waals surface area contributed by atoms with Crippen LogP contribution in [0, 0.1) is 6.92 Å². The molecule has 2 fully saturated rings. The molecule has 7 nitrogen and oxygen atoms in total. The van der Waals surface area contributed by atoms with E-state index in [4.69, 9.17) is 17.2 Å². The van der Waals surface area contributed by atoms with Gasteiger partial charge < -0.3 is 4.90 Å². The molecule has 2 aliphatic heterocycles. The molecule has 1 aromatic carbocycles. The molecule has 2 saturated heterocycles. The van der Waals surface area contributed by atoms with E-state index in [2.05, 4.69) is 34.1 Å². The van der Waals surface area contributed by atoms with Crippen LogP contribution in [0.2, 0.25) is 0 Å². The zero-order chi connectivity index (χ0) is 26.1. The number of hydrogen-bond acceptors (Lipinski definition) is 7. The molecule has 37 heavy (non-hydrogen) atoms. The highest BCUT2D eigenvalue weighted by atomic mass is 32.2. The average Bonchev–Trinajstić information content (AvgIpc) is 3.19. The number of benzene rings is 1. The van der Waals surface area contributed by atoms with Gasteiger partial charge in [0.15, 0.2) is 0 Å². The van der Waals surface area contributed by atoms with Crippen molar-refractivity contribution in [3.63, 3.8) is 0 Å². The van der Waals surface area contributed by atoms with Crippen LogP contribution >= 0.6 is 24.0 Å². The van der Waals surface area contributed by atoms with Gasteiger partial charge in [-0.2, -0.15) is 0 Å². The maximum Gasteiger partial charge on any atom is 0.267 e. The van der Waals surface area contributed by atoms with E-state index in [1.807, 2.05) is 39.0 Å². The number of amides is 1. The molecule has 0 radical (unpaired) electrons. The standard InChI is InChI=1S/C28H31N5O2S2/c1-4-20(3)33-27(35)23(37-28(33)36)17-22-25(29-24-19(2)9-8-12-32(24)26(22)34)31-15-13-30(14-16-31)18-21-10-6-5-7-11-21/h5-12,17,20H,4,13-16,18H2,1-3H3/b23-17+/t20-/m0/s1. The van der Waals surface area contributed by atoms with E-state index in [9.17, 15) is 9.59 Å². The summed E-state index contributed by atoms with van der Waals surface area (Å²) < 4.78 is 2.11. The zero-order valence-corrected chi connectivity index (χ0v) is 23.0. The fourth-order valence-electron chi connectivity index (χ4n) is 4.80. The van der Waals surface area contributed by atoms with Crippen LogP contribution in [0.1, 0.15) is 37.0 Å². The second-order valence-electron chi connectivity index (χ2n) is 9.60. The van der Waals surface area contributed by atoms with Crippen molar-refractivity contribution >= 4 is 51.7 Å². The highest BCUT2D eigenvalue weighted by molar-refractivity contribution is 8.26. The number of fused-ring (bicyclic) bond motifs is 1. The van der Waals surface area contributed by atoms with Gasteiger partial charge in [-0.05, 0) is 43.5 Å². The van der Waals surface area contributed by atoms with Crippen LogP contribution in [0.5, 0.6) is 0 Å². The lowest BCUT2D eigenvalue weighted by Gasteiger charge is -2.36. The summed E-state index contributed by atoms with van der Waals surface area (Å²) in [7, 11) is 0. The number of piperazine rings is 1. The number of rotatable bonds is 6. The van der Waals surface area contributed by atoms with Gasteiger partial charge in [-0.1, -0.05) is 67.3 Å². The minimum Gasteiger partial charge on any atom is -0.353 e. The van der Waals surface area contributed by atoms with Gasteiger partial charge >= 0.3 is 0 Å². The minimum atomic E-state index is -0.177. The molecule has 0 aliphatic carbocycles. The summed E-state index contributed by atoms with van der Waals surface area (Å²) in [4.78, 5) is 38.7. The molecule has 192 valence electrons. The van der Waals surface area contributed by atoms with Crippen molar-refractivity contribution in [2.75, 3.05) is 31.1 Å². The van der Waals surface area contributed by atoms with Gasteiger partial charge in [0.05, 0.1) is 10.5 Å². The monoisotopic (exact) mass is 533 g/mol. The summed E-state index contributed by atoms with van der Waals surface area (Å²) in [5.74, 6) is 0.490. The number of nitrogens with zero attached hydrogens (tertiary/aromatic N) is 5. The molecular weight excluding hydrogens is 502 g/mol. The molecule has 0 spiro atoms. The number of carbonyl (C=O) groups is 1. The van der Waals surface area contributed by atoms with Crippen LogP contribution < -0.4 is 10.5 Å². The Hall–Kier alpha value is -3.01. The van der Waals surface area contributed by atoms with E-state index in [-0.39, 0.29) is 17.5 Å². The molecule has 9 heteroatoms. The predicted molar refractivity (Wildman–Crippen MR) is 155 cm³/mol. The molecule has 1 amide bonds. The quantitative estimate of drug-likeness (QED) is 0.345. The molecule has 0 bridgehead atoms. The molecule has 2 aliphatic rings. The van der Waals surface area contributed by atoms with Crippen LogP contribution in [-0.2, 0) is 11.3 Å². The average molecular weight is 534 g/mol. The van der Waals surface area contributed by atoms with E-state index < -0.39 is 0 Å². The number of aromatic nitrogens is 2. The Kier molecular flexibility index (Phi) is 7.46. The van der Waals surface area contributed by atoms with E-state index in [0.717, 1.165) is 44.7 Å². The number of hydrogen-bond donors (Lipinski definition) is 0. The highest BCUT2D eigenvalue weighted by Crippen LogP contribution is 2.35. The molecule has 4 heterocycles. The topological polar surface area (TPSA) is 61.2 Å². The van der Waals surface area contributed by atoms with Crippen molar-refractivity contribution in [1.82, 2.24) is 19.2 Å². The zero-order valence-electron chi connectivity index (χ0n) is 21.4. The molecular formula is C28H31N5O2S2. The fourth-order valence-corrected chi connectivity index (χ4v) is 6.24. The van der Waals surface area contributed by atoms with E-state index in [0.29, 0.717) is 26.3 Å². The molecule has 3 aromatic rings. The highest BCUT2D eigenvalue weighted by Gasteiger charge is 2.35. The predicted octanol–water partition coefficient (Wildman–Crippen LogP) is 4.32. The number of thioether (sulfide) groups is 1. The normalized spacial score (nSPS) is 18.8. The summed E-state index contributed by atoms with van der Waals surface area (Å²) in [5.41, 5.74) is 3.11. The Morgan fingerprint density at radius 2 is 1.81 bits per heavy atom. The first-order valence-corrected chi connectivity index (χ1v) is 13.9. The van der Waals surface area contributed by atoms with Crippen molar-refractivity contribution in [1.29, 1.82) is 0 Å². The molecule has 5 rings (SSSR count). The third kappa shape index (κ3) is 5.08. The Bertz CT molecular complexity index is 1430. The van der Waals surface area contributed by atoms with Crippen molar-refractivity contribution in [2.24, 2.45) is 0 Å². The Balaban J connectivity index is 1.50. The van der Waals surface area contributed by atoms with Crippen LogP contribution in [0.25, 0.3) is 11.7 Å². The Morgan fingerprint density at radius 1 is 1.08 bits per heavy atom. The van der Waals surface area contributed by atoms with E-state index >= 15 is 0 Å². The van der Waals surface area contributed by atoms with Gasteiger partial charge in [-0.25, -0.2) is 4.98 Å². The van der Waals surface area contributed by atoms with Gasteiger partial charge in [-0.3, -0.25) is 23.8 Å². The van der Waals surface area contributed by atoms with Crippen LogP contribution in [0.4, 0.5) is 5.82 Å². The lowest BCUT2D eigenvalue weighted by molar-refractivity contribution is -0.123. The van der Waals surface area contributed by atoms with Crippen molar-refractivity contribution in [3.8, 4) is 0 Å². The Morgan fingerprint density at radius 3 is 2.51 bits per heavy atom. The second kappa shape index (κ2) is 10.8. The van der Waals surface area contributed by atoms with Crippen molar-refractivity contribution < 1.29 is 4.79 Å². The first-order valence-electron chi connectivity index (χ1n) is 12.7. The molecule has 0 N–H and O–H groups in total. The van der Waals surface area contributed by atoms with E-state index in [1.165, 1.54) is 17.3 Å². The van der Waals surface area contributed by atoms with Crippen LogP contribution in [0.3, 0.4) is 0 Å². The molecule has 1 atom stereocenters. The summed E-state index contributed by atoms with van der Waals surface area (Å²) in [6.45, 7) is 10.1. The fraction of sp³-hybridized carbons (Fsp3) is 0.357. The first kappa shape index (κ1) is 25.6. The Labute approximate surface area is 226 Å². The van der Waals surface area contributed by atoms with Gasteiger partial charge in [0.1, 0.15) is 15.8 Å². The SMILES string of the molecule is CC[C@H](C)N1C(=O)/C(=C\c2c(N3CCN(Cc4ccccc4)CC3)nc3c(C)cccn3c2=O)SC1=S. The van der Waals surface area contributed by atoms with E-state index in [1.54, 1.807) is 21.6 Å². The third-order valence-corrected chi connectivity index (χ3v) is 8.45. The van der Waals surface area contributed by atoms with Crippen molar-refractivity contribution in [3.05, 3.63) is 80.6 Å². The molecule has 0 unspecified atom stereocenters. The van der Waals surface area contributed by atoms with Crippen LogP contribution in [0.15, 0.2) is 58.4 Å². The summed E-state index contributed by atoms with van der Waals surface area (Å²) in [6.07, 6.45) is 4.25. The first-order chi connectivity index (χ1) is 17.9. The summed E-state index contributed by atoms with van der Waals surface area (Å²) in [6, 6.07) is 14.3. The summed E-state index contributed by atoms with van der Waals surface area (Å²) >= 11 is 6.78. The lowest BCUT2D eigenvalue weighted by atomic mass is 10.1. The molecule has 0 saturated carbocycles. The van der Waals surface area contributed by atoms with Gasteiger partial charge in [0.25, 0.3) is 11.5 Å². The largest absolute Gasteiger partial charge is 0.353 e. The number of thiocarbonyl (C=S) groups is 1. The maximum absolute atomic E-state index is 13.8. The number of pyridine rings is 1. The molecule has 2 aromatic heterocycles. The van der Waals surface area contributed by atoms with Crippen molar-refractivity contribution in [2.45, 2.75) is 39.8 Å². The minimum absolute atomic E-state index is 0.00837. The van der Waals surface area contributed by atoms with Gasteiger partial charge in [-0.15, -0.1) is 0 Å². The lowest BCUT2D eigenvalue weighted by Crippen LogP contribution is -2.47. The summed E-state index contributed by atoms with van der Waals surface area (Å²) in [5, 5.41) is 0. The maximum atomic E-state index is 13.8. The smallest absolute Gasteiger partial charge is 0.267 e. The second-order valence-corrected chi connectivity index (χ2v) is 11.3. The number of anilines is 1. The van der Waals surface area contributed by atoms with Crippen LogP contribution in [-0.4, -0.2) is 61.6 Å². The number of aryl methyl sites for hydroxylation is 1. The third-order valence-electron chi connectivity index (χ3n) is 7.12. The van der Waals surface area contributed by atoms with Gasteiger partial charge in [0, 0.05) is 45.0 Å². The van der Waals surface area contributed by atoms with Gasteiger partial charge in [0.2, 0.25) is 0 Å². The number of carbonyl (C=O) groups excluding carboxylic acids is 1.